The van der Waals surface area contributed by atoms with Gasteiger partial charge >= 0.3 is 6.18 Å². The number of hydrazone groups is 1. The highest BCUT2D eigenvalue weighted by Crippen LogP contribution is 2.30. The van der Waals surface area contributed by atoms with Gasteiger partial charge in [0.05, 0.1) is 18.2 Å². The van der Waals surface area contributed by atoms with Gasteiger partial charge in [0.2, 0.25) is 5.91 Å². The fourth-order valence-corrected chi connectivity index (χ4v) is 1.72. The Balaban J connectivity index is 2.01. The van der Waals surface area contributed by atoms with Crippen molar-refractivity contribution in [3.63, 3.8) is 0 Å². The monoisotopic (exact) mass is 312 g/mol. The molecule has 0 fully saturated rings. The number of nitrogens with zero attached hydrogens (tertiary/aromatic N) is 1. The van der Waals surface area contributed by atoms with Gasteiger partial charge in [-0.1, -0.05) is 18.2 Å². The van der Waals surface area contributed by atoms with E-state index in [1.165, 1.54) is 24.3 Å². The van der Waals surface area contributed by atoms with Crippen LogP contribution in [0.25, 0.3) is 0 Å². The second kappa shape index (κ2) is 6.29. The summed E-state index contributed by atoms with van der Waals surface area (Å²) in [5.74, 6) is -0.573. The molecule has 2 rings (SSSR count). The molecule has 1 aromatic carbocycles. The lowest BCUT2D eigenvalue weighted by molar-refractivity contribution is -0.137. The van der Waals surface area contributed by atoms with Gasteiger partial charge < -0.3 is 5.10 Å². The molecule has 0 atom stereocenters. The van der Waals surface area contributed by atoms with Crippen LogP contribution in [0.4, 0.5) is 13.2 Å². The fourth-order valence-electron chi connectivity index (χ4n) is 1.72. The van der Waals surface area contributed by atoms with Crippen LogP contribution >= 0.6 is 0 Å². The van der Waals surface area contributed by atoms with E-state index in [2.05, 4.69) is 20.7 Å². The Morgan fingerprint density at radius 1 is 1.27 bits per heavy atom. The van der Waals surface area contributed by atoms with Gasteiger partial charge in [0, 0.05) is 17.3 Å². The van der Waals surface area contributed by atoms with Gasteiger partial charge in [0.1, 0.15) is 0 Å². The molecule has 6 nitrogen and oxygen atoms in total. The summed E-state index contributed by atoms with van der Waals surface area (Å²) < 4.78 is 38.2. The molecular formula is C13H11F3N4O2. The predicted molar refractivity (Wildman–Crippen MR) is 72.3 cm³/mol. The van der Waals surface area contributed by atoms with Gasteiger partial charge in [-0.05, 0) is 6.07 Å². The third kappa shape index (κ3) is 4.08. The summed E-state index contributed by atoms with van der Waals surface area (Å²) in [6.07, 6.45) is -3.74. The van der Waals surface area contributed by atoms with Crippen LogP contribution < -0.4 is 11.0 Å². The quantitative estimate of drug-likeness (QED) is 0.588. The van der Waals surface area contributed by atoms with E-state index in [9.17, 15) is 22.8 Å². The first-order chi connectivity index (χ1) is 10.4. The van der Waals surface area contributed by atoms with Gasteiger partial charge in [-0.15, -0.1) is 0 Å². The maximum atomic E-state index is 12.7. The van der Waals surface area contributed by atoms with Gasteiger partial charge in [-0.3, -0.25) is 14.7 Å². The molecule has 0 spiro atoms. The summed E-state index contributed by atoms with van der Waals surface area (Å²) in [4.78, 5) is 22.4. The molecule has 3 N–H and O–H groups in total. The standard InChI is InChI=1S/C13H11F3N4O2/c14-13(15,16)10-4-2-1-3-8(10)7-17-19-11(21)5-9-6-12(22)20-18-9/h1-4,6-7H,5H2,(H,19,21)(H2,18,20,22)/b17-7-. The average molecular weight is 312 g/mol. The predicted octanol–water partition coefficient (Wildman–Crippen LogP) is 1.41. The van der Waals surface area contributed by atoms with Crippen LogP contribution in [0.5, 0.6) is 0 Å². The highest BCUT2D eigenvalue weighted by Gasteiger charge is 2.32. The number of halogens is 3. The smallest absolute Gasteiger partial charge is 0.302 e. The van der Waals surface area contributed by atoms with Crippen LogP contribution in [0.3, 0.4) is 0 Å². The van der Waals surface area contributed by atoms with E-state index < -0.39 is 17.6 Å². The number of amides is 1. The first-order valence-electron chi connectivity index (χ1n) is 6.11. The minimum atomic E-state index is -4.50. The molecule has 2 aromatic rings. The summed E-state index contributed by atoms with van der Waals surface area (Å²) in [6, 6.07) is 6.06. The maximum absolute atomic E-state index is 12.7. The van der Waals surface area contributed by atoms with Crippen molar-refractivity contribution in [3.8, 4) is 0 Å². The lowest BCUT2D eigenvalue weighted by atomic mass is 10.1. The van der Waals surface area contributed by atoms with E-state index in [0.29, 0.717) is 5.69 Å². The number of carbonyl (C=O) groups excluding carboxylic acids is 1. The molecule has 0 aliphatic rings. The lowest BCUT2D eigenvalue weighted by Crippen LogP contribution is -2.20. The highest BCUT2D eigenvalue weighted by molar-refractivity contribution is 5.84. The number of aromatic amines is 2. The number of hydrogen-bond donors (Lipinski definition) is 3. The zero-order valence-corrected chi connectivity index (χ0v) is 11.1. The Morgan fingerprint density at radius 3 is 2.64 bits per heavy atom. The number of aromatic nitrogens is 2. The first-order valence-corrected chi connectivity index (χ1v) is 6.11. The number of rotatable bonds is 4. The molecule has 1 amide bonds. The highest BCUT2D eigenvalue weighted by atomic mass is 19.4. The SMILES string of the molecule is O=C(Cc1cc(=O)[nH][nH]1)N/N=C\c1ccccc1C(F)(F)F. The lowest BCUT2D eigenvalue weighted by Gasteiger charge is -2.09. The topological polar surface area (TPSA) is 90.1 Å². The Morgan fingerprint density at radius 2 is 2.00 bits per heavy atom. The fraction of sp³-hybridized carbons (Fsp3) is 0.154. The summed E-state index contributed by atoms with van der Waals surface area (Å²) in [7, 11) is 0. The normalized spacial score (nSPS) is 11.8. The van der Waals surface area contributed by atoms with E-state index in [1.54, 1.807) is 0 Å². The zero-order valence-electron chi connectivity index (χ0n) is 11.1. The van der Waals surface area contributed by atoms with Crippen LogP contribution in [0, 0.1) is 0 Å². The molecule has 0 saturated heterocycles. The third-order valence-corrected chi connectivity index (χ3v) is 2.66. The molecule has 1 aromatic heterocycles. The molecule has 22 heavy (non-hydrogen) atoms. The van der Waals surface area contributed by atoms with Gasteiger partial charge in [-0.2, -0.15) is 18.3 Å². The van der Waals surface area contributed by atoms with Gasteiger partial charge in [0.15, 0.2) is 0 Å². The van der Waals surface area contributed by atoms with Crippen molar-refractivity contribution in [1.82, 2.24) is 15.6 Å². The Kier molecular flexibility index (Phi) is 4.44. The Labute approximate surface area is 122 Å². The molecule has 1 heterocycles. The summed E-state index contributed by atoms with van der Waals surface area (Å²) in [5.41, 5.74) is 1.05. The Bertz CT molecular complexity index is 746. The van der Waals surface area contributed by atoms with Crippen molar-refractivity contribution in [2.45, 2.75) is 12.6 Å². The van der Waals surface area contributed by atoms with Crippen molar-refractivity contribution < 1.29 is 18.0 Å². The van der Waals surface area contributed by atoms with Crippen molar-refractivity contribution >= 4 is 12.1 Å². The minimum absolute atomic E-state index is 0.156. The van der Waals surface area contributed by atoms with E-state index >= 15 is 0 Å². The van der Waals surface area contributed by atoms with Crippen molar-refractivity contribution in [1.29, 1.82) is 0 Å². The molecule has 0 radical (unpaired) electrons. The summed E-state index contributed by atoms with van der Waals surface area (Å²) in [5, 5.41) is 8.22. The summed E-state index contributed by atoms with van der Waals surface area (Å²) >= 11 is 0. The minimum Gasteiger partial charge on any atom is -0.302 e. The third-order valence-electron chi connectivity index (χ3n) is 2.66. The molecule has 0 unspecified atom stereocenters. The van der Waals surface area contributed by atoms with Crippen LogP contribution in [0.1, 0.15) is 16.8 Å². The number of alkyl halides is 3. The average Bonchev–Trinajstić information content (AvgIpc) is 2.83. The number of carbonyl (C=O) groups is 1. The van der Waals surface area contributed by atoms with Crippen LogP contribution in [0.2, 0.25) is 0 Å². The molecule has 116 valence electrons. The second-order valence-corrected chi connectivity index (χ2v) is 4.34. The molecule has 9 heteroatoms. The zero-order chi connectivity index (χ0) is 16.2. The van der Waals surface area contributed by atoms with Crippen molar-refractivity contribution in [3.05, 3.63) is 57.5 Å². The number of hydrogen-bond acceptors (Lipinski definition) is 3. The van der Waals surface area contributed by atoms with E-state index in [4.69, 9.17) is 0 Å². The van der Waals surface area contributed by atoms with Crippen molar-refractivity contribution in [2.24, 2.45) is 5.10 Å². The molecule has 0 saturated carbocycles. The number of H-pyrrole nitrogens is 2. The largest absolute Gasteiger partial charge is 0.417 e. The molecule has 0 bridgehead atoms. The van der Waals surface area contributed by atoms with Crippen LogP contribution in [-0.4, -0.2) is 22.3 Å². The molecule has 0 aliphatic carbocycles. The Hall–Kier alpha value is -2.84. The van der Waals surface area contributed by atoms with Crippen LogP contribution in [-0.2, 0) is 17.4 Å². The molecule has 0 aliphatic heterocycles. The summed E-state index contributed by atoms with van der Waals surface area (Å²) in [6.45, 7) is 0. The van der Waals surface area contributed by atoms with E-state index in [-0.39, 0.29) is 17.5 Å². The number of nitrogens with one attached hydrogen (secondary N) is 3. The van der Waals surface area contributed by atoms with E-state index in [1.807, 2.05) is 0 Å². The van der Waals surface area contributed by atoms with Crippen molar-refractivity contribution in [2.75, 3.05) is 0 Å². The number of benzene rings is 1. The maximum Gasteiger partial charge on any atom is 0.417 e. The van der Waals surface area contributed by atoms with E-state index in [0.717, 1.165) is 12.3 Å². The first kappa shape index (κ1) is 15.5. The van der Waals surface area contributed by atoms with Gasteiger partial charge in [-0.25, -0.2) is 5.43 Å². The second-order valence-electron chi connectivity index (χ2n) is 4.34. The molecular weight excluding hydrogens is 301 g/mol. The van der Waals surface area contributed by atoms with Gasteiger partial charge in [0.25, 0.3) is 5.56 Å². The van der Waals surface area contributed by atoms with Crippen LogP contribution in [0.15, 0.2) is 40.2 Å².